The minimum atomic E-state index is -3.40. The topological polar surface area (TPSA) is 75.7 Å². The van der Waals surface area contributed by atoms with Crippen LogP contribution in [0.4, 0.5) is 5.69 Å². The number of nitrogens with zero attached hydrogens (tertiary/aromatic N) is 1. The Kier molecular flexibility index (Phi) is 6.73. The van der Waals surface area contributed by atoms with Gasteiger partial charge in [0.1, 0.15) is 12.4 Å². The molecular formula is C19H23ClN2O4S. The fourth-order valence-electron chi connectivity index (χ4n) is 2.36. The van der Waals surface area contributed by atoms with Crippen molar-refractivity contribution in [2.75, 3.05) is 30.8 Å². The lowest BCUT2D eigenvalue weighted by atomic mass is 10.1. The molecule has 0 aliphatic heterocycles. The highest BCUT2D eigenvalue weighted by Crippen LogP contribution is 2.24. The number of hydrogen-bond acceptors (Lipinski definition) is 4. The number of nitrogens with one attached hydrogen (secondary N) is 1. The molecule has 2 aromatic rings. The van der Waals surface area contributed by atoms with Crippen LogP contribution in [0.2, 0.25) is 5.02 Å². The molecule has 0 saturated heterocycles. The Morgan fingerprint density at radius 2 is 1.89 bits per heavy atom. The van der Waals surface area contributed by atoms with Gasteiger partial charge in [0.25, 0.3) is 5.91 Å². The molecule has 0 aliphatic carbocycles. The van der Waals surface area contributed by atoms with Gasteiger partial charge >= 0.3 is 0 Å². The van der Waals surface area contributed by atoms with E-state index < -0.39 is 10.0 Å². The number of carbonyl (C=O) groups excluding carboxylic acids is 1. The predicted molar refractivity (Wildman–Crippen MR) is 108 cm³/mol. The second kappa shape index (κ2) is 8.63. The Bertz CT molecular complexity index is 945. The minimum absolute atomic E-state index is 0.177. The molecular weight excluding hydrogens is 388 g/mol. The van der Waals surface area contributed by atoms with Crippen LogP contribution >= 0.6 is 11.6 Å². The number of sulfonamides is 1. The van der Waals surface area contributed by atoms with Crippen molar-refractivity contribution in [1.29, 1.82) is 0 Å². The quantitative estimate of drug-likeness (QED) is 0.711. The highest BCUT2D eigenvalue weighted by Gasteiger charge is 2.16. The zero-order valence-electron chi connectivity index (χ0n) is 15.7. The lowest BCUT2D eigenvalue weighted by Crippen LogP contribution is -2.29. The van der Waals surface area contributed by atoms with Gasteiger partial charge in [0.2, 0.25) is 10.0 Å². The number of rotatable bonds is 7. The summed E-state index contributed by atoms with van der Waals surface area (Å²) in [5.74, 6) is 0.438. The number of amides is 1. The minimum Gasteiger partial charge on any atom is -0.491 e. The molecule has 1 N–H and O–H groups in total. The van der Waals surface area contributed by atoms with Crippen molar-refractivity contribution in [2.24, 2.45) is 0 Å². The van der Waals surface area contributed by atoms with E-state index in [0.29, 0.717) is 18.8 Å². The zero-order valence-corrected chi connectivity index (χ0v) is 17.3. The van der Waals surface area contributed by atoms with E-state index in [1.807, 2.05) is 32.0 Å². The van der Waals surface area contributed by atoms with Gasteiger partial charge < -0.3 is 10.1 Å². The van der Waals surface area contributed by atoms with Gasteiger partial charge in [0.15, 0.2) is 0 Å². The fourth-order valence-corrected chi connectivity index (χ4v) is 3.12. The van der Waals surface area contributed by atoms with Crippen molar-refractivity contribution >= 4 is 33.2 Å². The zero-order chi connectivity index (χ0) is 20.2. The van der Waals surface area contributed by atoms with Gasteiger partial charge in [-0.25, -0.2) is 8.42 Å². The van der Waals surface area contributed by atoms with Crippen LogP contribution in [0.5, 0.6) is 5.75 Å². The average molecular weight is 411 g/mol. The molecule has 0 atom stereocenters. The van der Waals surface area contributed by atoms with Crippen LogP contribution in [0.3, 0.4) is 0 Å². The first-order valence-corrected chi connectivity index (χ1v) is 10.5. The van der Waals surface area contributed by atoms with Gasteiger partial charge in [-0.15, -0.1) is 0 Å². The van der Waals surface area contributed by atoms with Crippen molar-refractivity contribution in [1.82, 2.24) is 5.32 Å². The Morgan fingerprint density at radius 1 is 1.19 bits per heavy atom. The number of carbonyl (C=O) groups is 1. The Labute approximate surface area is 165 Å². The molecule has 2 aromatic carbocycles. The Hall–Kier alpha value is -2.25. The summed E-state index contributed by atoms with van der Waals surface area (Å²) in [7, 11) is -1.98. The Morgan fingerprint density at radius 3 is 2.52 bits per heavy atom. The van der Waals surface area contributed by atoms with Crippen LogP contribution in [0.15, 0.2) is 36.4 Å². The van der Waals surface area contributed by atoms with Crippen molar-refractivity contribution < 1.29 is 17.9 Å². The Balaban J connectivity index is 1.95. The summed E-state index contributed by atoms with van der Waals surface area (Å²) >= 11 is 6.15. The molecule has 1 amide bonds. The fraction of sp³-hybridized carbons (Fsp3) is 0.316. The van der Waals surface area contributed by atoms with E-state index in [-0.39, 0.29) is 16.5 Å². The number of aryl methyl sites for hydroxylation is 2. The van der Waals surface area contributed by atoms with Gasteiger partial charge in [-0.05, 0) is 49.2 Å². The number of benzene rings is 2. The molecule has 6 nitrogen and oxygen atoms in total. The van der Waals surface area contributed by atoms with Crippen LogP contribution in [-0.4, -0.2) is 40.8 Å². The molecule has 0 aromatic heterocycles. The van der Waals surface area contributed by atoms with Crippen molar-refractivity contribution in [3.63, 3.8) is 0 Å². The van der Waals surface area contributed by atoms with Crippen molar-refractivity contribution in [3.05, 3.63) is 58.1 Å². The standard InChI is InChI=1S/C19H23ClN2O4S/c1-13-5-6-14(2)18(11-13)26-10-9-21-19(23)16-8-7-15(12-17(16)20)22(3)27(4,24)25/h5-8,11-12H,9-10H2,1-4H3,(H,21,23). The molecule has 0 unspecified atom stereocenters. The van der Waals surface area contributed by atoms with E-state index in [9.17, 15) is 13.2 Å². The van der Waals surface area contributed by atoms with Gasteiger partial charge in [-0.3, -0.25) is 9.10 Å². The van der Waals surface area contributed by atoms with E-state index in [2.05, 4.69) is 5.32 Å². The molecule has 8 heteroatoms. The highest BCUT2D eigenvalue weighted by molar-refractivity contribution is 7.92. The maximum Gasteiger partial charge on any atom is 0.252 e. The summed E-state index contributed by atoms with van der Waals surface area (Å²) in [5, 5.41) is 2.92. The molecule has 0 aliphatic rings. The normalized spacial score (nSPS) is 11.1. The first kappa shape index (κ1) is 21.1. The van der Waals surface area contributed by atoms with Crippen molar-refractivity contribution in [3.8, 4) is 5.75 Å². The molecule has 2 rings (SSSR count). The van der Waals surface area contributed by atoms with Crippen LogP contribution in [0, 0.1) is 13.8 Å². The lowest BCUT2D eigenvalue weighted by Gasteiger charge is -2.17. The average Bonchev–Trinajstić information content (AvgIpc) is 2.59. The summed E-state index contributed by atoms with van der Waals surface area (Å²) in [6, 6.07) is 10.4. The van der Waals surface area contributed by atoms with E-state index in [1.54, 1.807) is 0 Å². The summed E-state index contributed by atoms with van der Waals surface area (Å²) in [4.78, 5) is 12.3. The largest absolute Gasteiger partial charge is 0.491 e. The van der Waals surface area contributed by atoms with Crippen LogP contribution in [0.1, 0.15) is 21.5 Å². The molecule has 0 bridgehead atoms. The van der Waals surface area contributed by atoms with Crippen molar-refractivity contribution in [2.45, 2.75) is 13.8 Å². The first-order valence-electron chi connectivity index (χ1n) is 8.31. The van der Waals surface area contributed by atoms with Crippen LogP contribution in [-0.2, 0) is 10.0 Å². The summed E-state index contributed by atoms with van der Waals surface area (Å²) in [6.07, 6.45) is 1.09. The number of halogens is 1. The molecule has 27 heavy (non-hydrogen) atoms. The maximum absolute atomic E-state index is 12.3. The third kappa shape index (κ3) is 5.61. The summed E-state index contributed by atoms with van der Waals surface area (Å²) in [5.41, 5.74) is 2.79. The van der Waals surface area contributed by atoms with Crippen LogP contribution in [0.25, 0.3) is 0 Å². The number of ether oxygens (including phenoxy) is 1. The summed E-state index contributed by atoms with van der Waals surface area (Å²) < 4.78 is 30.0. The highest BCUT2D eigenvalue weighted by atomic mass is 35.5. The monoisotopic (exact) mass is 410 g/mol. The van der Waals surface area contributed by atoms with Gasteiger partial charge in [0.05, 0.1) is 29.1 Å². The summed E-state index contributed by atoms with van der Waals surface area (Å²) in [6.45, 7) is 4.58. The lowest BCUT2D eigenvalue weighted by molar-refractivity contribution is 0.0947. The van der Waals surface area contributed by atoms with E-state index in [1.165, 1.54) is 25.2 Å². The molecule has 0 spiro atoms. The van der Waals surface area contributed by atoms with E-state index in [4.69, 9.17) is 16.3 Å². The predicted octanol–water partition coefficient (Wildman–Crippen LogP) is 3.16. The van der Waals surface area contributed by atoms with Gasteiger partial charge in [-0.2, -0.15) is 0 Å². The third-order valence-corrected chi connectivity index (χ3v) is 5.57. The molecule has 0 heterocycles. The molecule has 0 radical (unpaired) electrons. The number of anilines is 1. The second-order valence-corrected chi connectivity index (χ2v) is 8.69. The van der Waals surface area contributed by atoms with Gasteiger partial charge in [-0.1, -0.05) is 23.7 Å². The smallest absolute Gasteiger partial charge is 0.252 e. The van der Waals surface area contributed by atoms with E-state index in [0.717, 1.165) is 27.4 Å². The van der Waals surface area contributed by atoms with Crippen LogP contribution < -0.4 is 14.4 Å². The SMILES string of the molecule is Cc1ccc(C)c(OCCNC(=O)c2ccc(N(C)S(C)(=O)=O)cc2Cl)c1. The van der Waals surface area contributed by atoms with E-state index >= 15 is 0 Å². The third-order valence-electron chi connectivity index (χ3n) is 4.05. The number of hydrogen-bond donors (Lipinski definition) is 1. The second-order valence-electron chi connectivity index (χ2n) is 6.27. The van der Waals surface area contributed by atoms with Gasteiger partial charge in [0, 0.05) is 7.05 Å². The molecule has 0 fully saturated rings. The molecule has 0 saturated carbocycles. The maximum atomic E-state index is 12.3. The molecule has 146 valence electrons. The first-order chi connectivity index (χ1) is 12.6.